The van der Waals surface area contributed by atoms with E-state index in [0.717, 1.165) is 16.8 Å². The van der Waals surface area contributed by atoms with Crippen molar-refractivity contribution >= 4 is 11.6 Å². The van der Waals surface area contributed by atoms with Crippen molar-refractivity contribution in [2.45, 2.75) is 19.9 Å². The molecule has 3 nitrogen and oxygen atoms in total. The third-order valence-electron chi connectivity index (χ3n) is 3.83. The molecule has 0 aliphatic rings. The fraction of sp³-hybridized carbons (Fsp3) is 0.278. The first-order chi connectivity index (χ1) is 10.0. The zero-order chi connectivity index (χ0) is 15.4. The number of carbonyl (C=O) groups excluding carboxylic acids is 1. The Balaban J connectivity index is 2.15. The smallest absolute Gasteiger partial charge is 0.231 e. The van der Waals surface area contributed by atoms with E-state index in [1.165, 1.54) is 0 Å². The van der Waals surface area contributed by atoms with Crippen LogP contribution in [0.5, 0.6) is 0 Å². The summed E-state index contributed by atoms with van der Waals surface area (Å²) in [5, 5.41) is 0. The van der Waals surface area contributed by atoms with Gasteiger partial charge in [-0.25, -0.2) is 0 Å². The van der Waals surface area contributed by atoms with Crippen molar-refractivity contribution in [1.29, 1.82) is 0 Å². The van der Waals surface area contributed by atoms with Crippen LogP contribution < -0.4 is 10.6 Å². The van der Waals surface area contributed by atoms with Gasteiger partial charge in [0.1, 0.15) is 0 Å². The molecule has 1 amide bonds. The average Bonchev–Trinajstić information content (AvgIpc) is 2.53. The maximum atomic E-state index is 12.6. The van der Waals surface area contributed by atoms with Crippen LogP contribution in [0.2, 0.25) is 0 Å². The lowest BCUT2D eigenvalue weighted by Gasteiger charge is -2.25. The highest BCUT2D eigenvalue weighted by atomic mass is 16.2. The Labute approximate surface area is 126 Å². The van der Waals surface area contributed by atoms with Gasteiger partial charge < -0.3 is 10.6 Å². The van der Waals surface area contributed by atoms with Crippen molar-refractivity contribution in [2.24, 2.45) is 11.7 Å². The summed E-state index contributed by atoms with van der Waals surface area (Å²) in [6, 6.07) is 17.4. The Bertz CT molecular complexity index is 610. The van der Waals surface area contributed by atoms with Gasteiger partial charge >= 0.3 is 0 Å². The summed E-state index contributed by atoms with van der Waals surface area (Å²) in [4.78, 5) is 14.3. The molecule has 0 heterocycles. The van der Waals surface area contributed by atoms with Crippen molar-refractivity contribution in [2.75, 3.05) is 11.9 Å². The molecule has 0 aliphatic carbocycles. The predicted octanol–water partition coefficient (Wildman–Crippen LogP) is 3.29. The highest BCUT2D eigenvalue weighted by Gasteiger charge is 2.25. The number of hydrogen-bond donors (Lipinski definition) is 1. The van der Waals surface area contributed by atoms with Crippen LogP contribution in [0.1, 0.15) is 24.1 Å². The van der Waals surface area contributed by atoms with Gasteiger partial charge in [0.15, 0.2) is 0 Å². The summed E-state index contributed by atoms with van der Waals surface area (Å²) >= 11 is 0. The average molecular weight is 282 g/mol. The van der Waals surface area contributed by atoms with Crippen LogP contribution in [-0.4, -0.2) is 13.0 Å². The SMILES string of the molecule is Cc1cccc(N(C)C(=O)C(C)C(N)c2ccccc2)c1. The minimum Gasteiger partial charge on any atom is -0.323 e. The molecule has 0 bridgehead atoms. The first-order valence-corrected chi connectivity index (χ1v) is 7.15. The van der Waals surface area contributed by atoms with E-state index in [4.69, 9.17) is 5.73 Å². The fourth-order valence-electron chi connectivity index (χ4n) is 2.39. The molecule has 2 aromatic rings. The van der Waals surface area contributed by atoms with E-state index in [-0.39, 0.29) is 17.9 Å². The van der Waals surface area contributed by atoms with Crippen LogP contribution in [0.4, 0.5) is 5.69 Å². The third kappa shape index (κ3) is 3.50. The lowest BCUT2D eigenvalue weighted by atomic mass is 9.94. The molecular formula is C18H22N2O. The molecule has 0 spiro atoms. The largest absolute Gasteiger partial charge is 0.323 e. The first kappa shape index (κ1) is 15.3. The van der Waals surface area contributed by atoms with Crippen LogP contribution in [0.15, 0.2) is 54.6 Å². The minimum absolute atomic E-state index is 0.0250. The van der Waals surface area contributed by atoms with Crippen molar-refractivity contribution in [3.05, 3.63) is 65.7 Å². The van der Waals surface area contributed by atoms with E-state index >= 15 is 0 Å². The molecular weight excluding hydrogens is 260 g/mol. The Morgan fingerprint density at radius 3 is 2.38 bits per heavy atom. The van der Waals surface area contributed by atoms with Gasteiger partial charge in [0.05, 0.1) is 5.92 Å². The molecule has 0 aromatic heterocycles. The lowest BCUT2D eigenvalue weighted by Crippen LogP contribution is -2.37. The monoisotopic (exact) mass is 282 g/mol. The Hall–Kier alpha value is -2.13. The molecule has 0 fully saturated rings. The van der Waals surface area contributed by atoms with Gasteiger partial charge in [-0.15, -0.1) is 0 Å². The van der Waals surface area contributed by atoms with Crippen LogP contribution in [0, 0.1) is 12.8 Å². The summed E-state index contributed by atoms with van der Waals surface area (Å²) in [6.45, 7) is 3.90. The van der Waals surface area contributed by atoms with Gasteiger partial charge in [-0.1, -0.05) is 49.4 Å². The molecule has 2 rings (SSSR count). The van der Waals surface area contributed by atoms with Gasteiger partial charge in [-0.2, -0.15) is 0 Å². The second kappa shape index (κ2) is 6.55. The van der Waals surface area contributed by atoms with Crippen LogP contribution in [-0.2, 0) is 4.79 Å². The van der Waals surface area contributed by atoms with E-state index in [2.05, 4.69) is 0 Å². The molecule has 0 aliphatic heterocycles. The van der Waals surface area contributed by atoms with Gasteiger partial charge in [-0.3, -0.25) is 4.79 Å². The molecule has 0 saturated carbocycles. The number of benzene rings is 2. The number of amides is 1. The Kier molecular flexibility index (Phi) is 4.76. The van der Waals surface area contributed by atoms with Gasteiger partial charge in [-0.05, 0) is 30.2 Å². The molecule has 110 valence electrons. The van der Waals surface area contributed by atoms with Gasteiger partial charge in [0.2, 0.25) is 5.91 Å². The molecule has 2 atom stereocenters. The molecule has 21 heavy (non-hydrogen) atoms. The van der Waals surface area contributed by atoms with E-state index in [9.17, 15) is 4.79 Å². The summed E-state index contributed by atoms with van der Waals surface area (Å²) < 4.78 is 0. The highest BCUT2D eigenvalue weighted by molar-refractivity contribution is 5.94. The van der Waals surface area contributed by atoms with Crippen molar-refractivity contribution in [3.8, 4) is 0 Å². The summed E-state index contributed by atoms with van der Waals surface area (Å²) in [5.41, 5.74) is 9.25. The molecule has 2 unspecified atom stereocenters. The number of anilines is 1. The van der Waals surface area contributed by atoms with Gasteiger partial charge in [0, 0.05) is 18.8 Å². The first-order valence-electron chi connectivity index (χ1n) is 7.15. The zero-order valence-electron chi connectivity index (χ0n) is 12.8. The summed E-state index contributed by atoms with van der Waals surface area (Å²) in [7, 11) is 1.80. The van der Waals surface area contributed by atoms with Crippen molar-refractivity contribution in [3.63, 3.8) is 0 Å². The van der Waals surface area contributed by atoms with Crippen LogP contribution in [0.3, 0.4) is 0 Å². The number of hydrogen-bond acceptors (Lipinski definition) is 2. The predicted molar refractivity (Wildman–Crippen MR) is 87.1 cm³/mol. The molecule has 3 heteroatoms. The lowest BCUT2D eigenvalue weighted by molar-refractivity contribution is -0.122. The van der Waals surface area contributed by atoms with E-state index in [1.807, 2.05) is 68.4 Å². The van der Waals surface area contributed by atoms with Crippen LogP contribution in [0.25, 0.3) is 0 Å². The highest BCUT2D eigenvalue weighted by Crippen LogP contribution is 2.23. The van der Waals surface area contributed by atoms with E-state index in [1.54, 1.807) is 11.9 Å². The van der Waals surface area contributed by atoms with Gasteiger partial charge in [0.25, 0.3) is 0 Å². The molecule has 2 N–H and O–H groups in total. The quantitative estimate of drug-likeness (QED) is 0.935. The van der Waals surface area contributed by atoms with E-state index < -0.39 is 0 Å². The number of nitrogens with zero attached hydrogens (tertiary/aromatic N) is 1. The standard InChI is InChI=1S/C18H22N2O/c1-13-8-7-11-16(12-13)20(3)18(21)14(2)17(19)15-9-5-4-6-10-15/h4-12,14,17H,19H2,1-3H3. The topological polar surface area (TPSA) is 46.3 Å². The fourth-order valence-corrected chi connectivity index (χ4v) is 2.39. The third-order valence-corrected chi connectivity index (χ3v) is 3.83. The summed E-state index contributed by atoms with van der Waals surface area (Å²) in [5.74, 6) is -0.255. The van der Waals surface area contributed by atoms with E-state index in [0.29, 0.717) is 0 Å². The Morgan fingerprint density at radius 2 is 1.76 bits per heavy atom. The van der Waals surface area contributed by atoms with Crippen molar-refractivity contribution in [1.82, 2.24) is 0 Å². The minimum atomic E-state index is -0.300. The summed E-state index contributed by atoms with van der Waals surface area (Å²) in [6.07, 6.45) is 0. The Morgan fingerprint density at radius 1 is 1.10 bits per heavy atom. The zero-order valence-corrected chi connectivity index (χ0v) is 12.8. The number of carbonyl (C=O) groups is 1. The maximum Gasteiger partial charge on any atom is 0.231 e. The number of aryl methyl sites for hydroxylation is 1. The normalized spacial score (nSPS) is 13.5. The number of nitrogens with two attached hydrogens (primary N) is 1. The van der Waals surface area contributed by atoms with Crippen molar-refractivity contribution < 1.29 is 4.79 Å². The van der Waals surface area contributed by atoms with Crippen LogP contribution >= 0.6 is 0 Å². The maximum absolute atomic E-state index is 12.6. The molecule has 0 saturated heterocycles. The molecule has 0 radical (unpaired) electrons. The second-order valence-corrected chi connectivity index (χ2v) is 5.46. The second-order valence-electron chi connectivity index (χ2n) is 5.46. The number of rotatable bonds is 4. The molecule has 2 aromatic carbocycles.